The van der Waals surface area contributed by atoms with Crippen LogP contribution in [-0.2, 0) is 4.79 Å². The number of hydrogen-bond donors (Lipinski definition) is 0. The summed E-state index contributed by atoms with van der Waals surface area (Å²) in [6, 6.07) is 0. The van der Waals surface area contributed by atoms with Crippen LogP contribution in [0.4, 0.5) is 0 Å². The van der Waals surface area contributed by atoms with E-state index in [2.05, 4.69) is 6.92 Å². The van der Waals surface area contributed by atoms with Gasteiger partial charge >= 0.3 is 0 Å². The van der Waals surface area contributed by atoms with E-state index in [1.165, 1.54) is 89.9 Å². The second kappa shape index (κ2) is 14.5. The molecule has 0 aliphatic heterocycles. The van der Waals surface area contributed by atoms with E-state index in [1.54, 1.807) is 13.8 Å². The van der Waals surface area contributed by atoms with Crippen molar-refractivity contribution < 1.29 is 14.4 Å². The van der Waals surface area contributed by atoms with Crippen molar-refractivity contribution >= 4 is 5.97 Å². The third kappa shape index (κ3) is 11.2. The molecule has 0 atom stereocenters. The Bertz CT molecular complexity index is 350. The first-order valence-corrected chi connectivity index (χ1v) is 11.3. The van der Waals surface area contributed by atoms with Crippen LogP contribution in [0.25, 0.3) is 0 Å². The van der Waals surface area contributed by atoms with Gasteiger partial charge in [-0.05, 0) is 26.7 Å². The lowest BCUT2D eigenvalue weighted by Gasteiger charge is -2.45. The molecule has 0 aromatic heterocycles. The number of aliphatic carboxylic acids is 1. The van der Waals surface area contributed by atoms with Crippen molar-refractivity contribution in [2.24, 2.45) is 0 Å². The maximum atomic E-state index is 11.3. The summed E-state index contributed by atoms with van der Waals surface area (Å²) in [6.45, 7) is 6.72. The summed E-state index contributed by atoms with van der Waals surface area (Å²) < 4.78 is 0.494. The van der Waals surface area contributed by atoms with E-state index in [0.717, 1.165) is 13.0 Å². The average Bonchev–Trinajstić information content (AvgIpc) is 2.58. The molecule has 0 rings (SSSR count). The fourth-order valence-corrected chi connectivity index (χ4v) is 3.41. The SMILES string of the molecule is CCCCCCCCCCCCCCCCC[N+](C)(C)C(C)(C)C(=O)[O-]. The van der Waals surface area contributed by atoms with Gasteiger partial charge in [0.1, 0.15) is 11.5 Å². The van der Waals surface area contributed by atoms with Crippen LogP contribution in [0.1, 0.15) is 117 Å². The summed E-state index contributed by atoms with van der Waals surface area (Å²) in [4.78, 5) is 11.3. The van der Waals surface area contributed by atoms with Crippen molar-refractivity contribution in [2.45, 2.75) is 123 Å². The van der Waals surface area contributed by atoms with E-state index in [-0.39, 0.29) is 0 Å². The Morgan fingerprint density at radius 1 is 0.692 bits per heavy atom. The van der Waals surface area contributed by atoms with Gasteiger partial charge in [-0.1, -0.05) is 90.4 Å². The highest BCUT2D eigenvalue weighted by molar-refractivity contribution is 5.73. The Kier molecular flexibility index (Phi) is 14.2. The van der Waals surface area contributed by atoms with Gasteiger partial charge in [0.05, 0.1) is 20.6 Å². The Balaban J connectivity index is 3.43. The van der Waals surface area contributed by atoms with E-state index in [1.807, 2.05) is 14.1 Å². The Morgan fingerprint density at radius 2 is 1.00 bits per heavy atom. The Labute approximate surface area is 164 Å². The smallest absolute Gasteiger partial charge is 0.133 e. The van der Waals surface area contributed by atoms with Gasteiger partial charge in [-0.15, -0.1) is 0 Å². The van der Waals surface area contributed by atoms with Gasteiger partial charge in [0.15, 0.2) is 0 Å². The second-order valence-electron chi connectivity index (χ2n) is 9.20. The Morgan fingerprint density at radius 3 is 1.31 bits per heavy atom. The fourth-order valence-electron chi connectivity index (χ4n) is 3.41. The molecule has 0 saturated heterocycles. The van der Waals surface area contributed by atoms with Crippen LogP contribution in [0.3, 0.4) is 0 Å². The Hall–Kier alpha value is -0.570. The molecule has 0 aliphatic carbocycles. The van der Waals surface area contributed by atoms with E-state index < -0.39 is 11.5 Å². The molecule has 0 fully saturated rings. The summed E-state index contributed by atoms with van der Waals surface area (Å²) >= 11 is 0. The molecule has 156 valence electrons. The number of carboxylic acids is 1. The molecule has 0 saturated carbocycles. The molecule has 3 heteroatoms. The summed E-state index contributed by atoms with van der Waals surface area (Å²) in [5.74, 6) is -0.955. The van der Waals surface area contributed by atoms with Gasteiger partial charge in [-0.25, -0.2) is 0 Å². The lowest BCUT2D eigenvalue weighted by Crippen LogP contribution is -2.64. The number of rotatable bonds is 18. The fraction of sp³-hybridized carbons (Fsp3) is 0.957. The van der Waals surface area contributed by atoms with Crippen LogP contribution < -0.4 is 5.11 Å². The molecule has 26 heavy (non-hydrogen) atoms. The van der Waals surface area contributed by atoms with E-state index in [4.69, 9.17) is 0 Å². The summed E-state index contributed by atoms with van der Waals surface area (Å²) in [6.07, 6.45) is 20.4. The standard InChI is InChI=1S/C23H47NO2/c1-6-7-8-9-10-11-12-13-14-15-16-17-18-19-20-21-24(4,5)23(2,3)22(25)26/h6-21H2,1-5H3. The third-order valence-corrected chi connectivity index (χ3v) is 6.33. The molecule has 0 aromatic rings. The van der Waals surface area contributed by atoms with Crippen LogP contribution in [0.5, 0.6) is 0 Å². The molecule has 0 aliphatic rings. The first-order chi connectivity index (χ1) is 12.3. The van der Waals surface area contributed by atoms with E-state index in [9.17, 15) is 9.90 Å². The van der Waals surface area contributed by atoms with E-state index in [0.29, 0.717) is 4.48 Å². The zero-order valence-electron chi connectivity index (χ0n) is 18.6. The van der Waals surface area contributed by atoms with Crippen molar-refractivity contribution in [3.8, 4) is 0 Å². The molecular weight excluding hydrogens is 322 g/mol. The van der Waals surface area contributed by atoms with Crippen molar-refractivity contribution in [3.63, 3.8) is 0 Å². The molecular formula is C23H47NO2. The number of carboxylic acid groups (broad SMARTS) is 1. The summed E-state index contributed by atoms with van der Waals surface area (Å²) in [5.41, 5.74) is -0.823. The summed E-state index contributed by atoms with van der Waals surface area (Å²) in [7, 11) is 4.00. The molecule has 0 bridgehead atoms. The van der Waals surface area contributed by atoms with Crippen molar-refractivity contribution in [1.29, 1.82) is 0 Å². The van der Waals surface area contributed by atoms with Crippen LogP contribution in [0.2, 0.25) is 0 Å². The van der Waals surface area contributed by atoms with Gasteiger partial charge in [0.2, 0.25) is 0 Å². The molecule has 3 nitrogen and oxygen atoms in total. The quantitative estimate of drug-likeness (QED) is 0.238. The van der Waals surface area contributed by atoms with Crippen molar-refractivity contribution in [2.75, 3.05) is 20.6 Å². The molecule has 0 spiro atoms. The van der Waals surface area contributed by atoms with Crippen LogP contribution >= 0.6 is 0 Å². The molecule has 0 N–H and O–H groups in total. The van der Waals surface area contributed by atoms with Gasteiger partial charge < -0.3 is 14.4 Å². The van der Waals surface area contributed by atoms with Crippen molar-refractivity contribution in [3.05, 3.63) is 0 Å². The normalized spacial score (nSPS) is 12.5. The van der Waals surface area contributed by atoms with Crippen LogP contribution in [0.15, 0.2) is 0 Å². The van der Waals surface area contributed by atoms with Crippen molar-refractivity contribution in [1.82, 2.24) is 0 Å². The molecule has 0 heterocycles. The minimum absolute atomic E-state index is 0.494. The number of hydrogen-bond acceptors (Lipinski definition) is 2. The van der Waals surface area contributed by atoms with Gasteiger partial charge in [0, 0.05) is 0 Å². The number of quaternary nitrogens is 1. The van der Waals surface area contributed by atoms with Gasteiger partial charge in [-0.3, -0.25) is 0 Å². The maximum Gasteiger partial charge on any atom is 0.133 e. The monoisotopic (exact) mass is 369 g/mol. The largest absolute Gasteiger partial charge is 0.544 e. The average molecular weight is 370 g/mol. The second-order valence-corrected chi connectivity index (χ2v) is 9.20. The lowest BCUT2D eigenvalue weighted by molar-refractivity contribution is -0.930. The molecule has 0 aromatic carbocycles. The third-order valence-electron chi connectivity index (χ3n) is 6.33. The predicted octanol–water partition coefficient (Wildman–Crippen LogP) is 5.46. The van der Waals surface area contributed by atoms with E-state index >= 15 is 0 Å². The molecule has 0 radical (unpaired) electrons. The molecule has 0 unspecified atom stereocenters. The number of carbonyl (C=O) groups is 1. The van der Waals surface area contributed by atoms with Gasteiger partial charge in [-0.2, -0.15) is 0 Å². The van der Waals surface area contributed by atoms with Crippen LogP contribution in [0, 0.1) is 0 Å². The number of carbonyl (C=O) groups excluding carboxylic acids is 1. The maximum absolute atomic E-state index is 11.3. The predicted molar refractivity (Wildman–Crippen MR) is 111 cm³/mol. The molecule has 0 amide bonds. The zero-order chi connectivity index (χ0) is 19.9. The highest BCUT2D eigenvalue weighted by atomic mass is 16.4. The number of nitrogens with zero attached hydrogens (tertiary/aromatic N) is 1. The number of unbranched alkanes of at least 4 members (excludes halogenated alkanes) is 14. The first kappa shape index (κ1) is 25.4. The topological polar surface area (TPSA) is 40.1 Å². The lowest BCUT2D eigenvalue weighted by atomic mass is 9.99. The minimum atomic E-state index is -0.955. The number of likely N-dealkylation sites (N-methyl/N-ethyl adjacent to an activating group) is 1. The zero-order valence-corrected chi connectivity index (χ0v) is 18.6. The summed E-state index contributed by atoms with van der Waals surface area (Å²) in [5, 5.41) is 11.3. The van der Waals surface area contributed by atoms with Crippen LogP contribution in [-0.4, -0.2) is 36.6 Å². The van der Waals surface area contributed by atoms with Gasteiger partial charge in [0.25, 0.3) is 0 Å². The highest BCUT2D eigenvalue weighted by Gasteiger charge is 2.37. The highest BCUT2D eigenvalue weighted by Crippen LogP contribution is 2.21. The minimum Gasteiger partial charge on any atom is -0.544 e. The first-order valence-electron chi connectivity index (χ1n) is 11.3.